The largest absolute Gasteiger partial charge is 0.396 e. The number of nitrogens with one attached hydrogen (secondary N) is 1. The molecule has 8 heteroatoms. The normalized spacial score (nSPS) is 10.9. The van der Waals surface area contributed by atoms with Crippen LogP contribution in [0.25, 0.3) is 4.96 Å². The number of aliphatic hydroxyl groups excluding tert-OH is 1. The molecule has 0 amide bonds. The first kappa shape index (κ1) is 11.8. The molecule has 0 radical (unpaired) electrons. The number of imidazole rings is 1. The summed E-state index contributed by atoms with van der Waals surface area (Å²) in [4.78, 5) is 15.3. The highest BCUT2D eigenvalue weighted by molar-refractivity contribution is 7.15. The van der Waals surface area contributed by atoms with Crippen molar-refractivity contribution in [3.63, 3.8) is 0 Å². The van der Waals surface area contributed by atoms with Gasteiger partial charge >= 0.3 is 5.82 Å². The van der Waals surface area contributed by atoms with Crippen LogP contribution in [-0.4, -0.2) is 32.6 Å². The molecular weight excluding hydrogens is 244 g/mol. The molecule has 0 saturated carbocycles. The van der Waals surface area contributed by atoms with Gasteiger partial charge in [0.05, 0.1) is 0 Å². The lowest BCUT2D eigenvalue weighted by molar-refractivity contribution is -0.389. The van der Waals surface area contributed by atoms with Crippen molar-refractivity contribution in [2.75, 3.05) is 18.5 Å². The van der Waals surface area contributed by atoms with Gasteiger partial charge in [0, 0.05) is 18.5 Å². The molecule has 0 aliphatic rings. The molecule has 0 aromatic carbocycles. The molecular formula is C9H12N4O3S. The lowest BCUT2D eigenvalue weighted by Gasteiger charge is -2.01. The molecule has 0 atom stereocenters. The fourth-order valence-corrected chi connectivity index (χ4v) is 2.22. The van der Waals surface area contributed by atoms with Crippen LogP contribution in [0.3, 0.4) is 0 Å². The lowest BCUT2D eigenvalue weighted by Crippen LogP contribution is -2.05. The van der Waals surface area contributed by atoms with E-state index in [-0.39, 0.29) is 12.4 Å². The van der Waals surface area contributed by atoms with Crippen molar-refractivity contribution in [3.8, 4) is 0 Å². The van der Waals surface area contributed by atoms with E-state index in [1.54, 1.807) is 11.6 Å². The van der Waals surface area contributed by atoms with Gasteiger partial charge in [0.25, 0.3) is 4.96 Å². The highest BCUT2D eigenvalue weighted by Gasteiger charge is 2.22. The number of thiazole rings is 1. The molecule has 2 heterocycles. The number of nitrogens with zero attached hydrogens (tertiary/aromatic N) is 3. The van der Waals surface area contributed by atoms with E-state index < -0.39 is 4.92 Å². The average molecular weight is 256 g/mol. The second-order valence-electron chi connectivity index (χ2n) is 3.45. The van der Waals surface area contributed by atoms with Gasteiger partial charge in [-0.2, -0.15) is 9.38 Å². The van der Waals surface area contributed by atoms with Crippen LogP contribution in [0.4, 0.5) is 11.6 Å². The first-order valence-electron chi connectivity index (χ1n) is 5.18. The Kier molecular flexibility index (Phi) is 3.55. The monoisotopic (exact) mass is 256 g/mol. The quantitative estimate of drug-likeness (QED) is 0.464. The minimum Gasteiger partial charge on any atom is -0.396 e. The Hall–Kier alpha value is -1.67. The molecule has 0 unspecified atom stereocenters. The number of hydrogen-bond donors (Lipinski definition) is 2. The number of hydrogen-bond acceptors (Lipinski definition) is 6. The summed E-state index contributed by atoms with van der Waals surface area (Å²) in [6.45, 7) is 0.689. The summed E-state index contributed by atoms with van der Waals surface area (Å²) in [5, 5.41) is 24.3. The molecule has 0 fully saturated rings. The molecule has 0 aliphatic carbocycles. The SMILES string of the molecule is O=[N+]([O-])c1c(NCCCCO)nc2sccn12. The second-order valence-corrected chi connectivity index (χ2v) is 4.33. The van der Waals surface area contributed by atoms with E-state index in [1.807, 2.05) is 0 Å². The number of rotatable bonds is 6. The average Bonchev–Trinajstić information content (AvgIpc) is 2.83. The van der Waals surface area contributed by atoms with Gasteiger partial charge < -0.3 is 20.5 Å². The Morgan fingerprint density at radius 3 is 3.12 bits per heavy atom. The first-order valence-corrected chi connectivity index (χ1v) is 6.06. The Morgan fingerprint density at radius 1 is 1.59 bits per heavy atom. The van der Waals surface area contributed by atoms with E-state index in [2.05, 4.69) is 10.3 Å². The van der Waals surface area contributed by atoms with Crippen LogP contribution in [0, 0.1) is 10.1 Å². The zero-order chi connectivity index (χ0) is 12.3. The van der Waals surface area contributed by atoms with Crippen LogP contribution < -0.4 is 5.32 Å². The minimum absolute atomic E-state index is 0.0368. The maximum absolute atomic E-state index is 11.0. The number of fused-ring (bicyclic) bond motifs is 1. The van der Waals surface area contributed by atoms with Crippen LogP contribution in [0.1, 0.15) is 12.8 Å². The number of nitro groups is 1. The number of aliphatic hydroxyl groups is 1. The summed E-state index contributed by atoms with van der Waals surface area (Å²) < 4.78 is 1.46. The van der Waals surface area contributed by atoms with Crippen molar-refractivity contribution in [2.24, 2.45) is 0 Å². The fourth-order valence-electron chi connectivity index (χ4n) is 1.51. The Morgan fingerprint density at radius 2 is 2.41 bits per heavy atom. The van der Waals surface area contributed by atoms with Gasteiger partial charge in [0.1, 0.15) is 6.20 Å². The molecule has 0 aliphatic heterocycles. The summed E-state index contributed by atoms with van der Waals surface area (Å²) in [5.74, 6) is 0.255. The van der Waals surface area contributed by atoms with E-state index in [0.29, 0.717) is 23.7 Å². The lowest BCUT2D eigenvalue weighted by atomic mass is 10.3. The zero-order valence-electron chi connectivity index (χ0n) is 9.00. The second kappa shape index (κ2) is 5.11. The van der Waals surface area contributed by atoms with Crippen molar-refractivity contribution in [3.05, 3.63) is 21.7 Å². The molecule has 0 bridgehead atoms. The van der Waals surface area contributed by atoms with Crippen LogP contribution in [0.2, 0.25) is 0 Å². The van der Waals surface area contributed by atoms with E-state index in [9.17, 15) is 10.1 Å². The molecule has 7 nitrogen and oxygen atoms in total. The van der Waals surface area contributed by atoms with Gasteiger partial charge in [-0.25, -0.2) is 0 Å². The predicted molar refractivity (Wildman–Crippen MR) is 64.5 cm³/mol. The maximum atomic E-state index is 11.0. The van der Waals surface area contributed by atoms with Crippen LogP contribution in [0.15, 0.2) is 11.6 Å². The van der Waals surface area contributed by atoms with Crippen LogP contribution >= 0.6 is 11.3 Å². The van der Waals surface area contributed by atoms with E-state index in [1.165, 1.54) is 15.7 Å². The zero-order valence-corrected chi connectivity index (χ0v) is 9.81. The maximum Gasteiger partial charge on any atom is 0.372 e. The van der Waals surface area contributed by atoms with Crippen LogP contribution in [0.5, 0.6) is 0 Å². The van der Waals surface area contributed by atoms with Gasteiger partial charge in [-0.15, -0.1) is 0 Å². The van der Waals surface area contributed by atoms with Crippen molar-refractivity contribution >= 4 is 27.9 Å². The number of aromatic nitrogens is 2. The summed E-state index contributed by atoms with van der Waals surface area (Å²) in [6.07, 6.45) is 3.05. The van der Waals surface area contributed by atoms with E-state index in [0.717, 1.165) is 6.42 Å². The van der Waals surface area contributed by atoms with Crippen molar-refractivity contribution in [2.45, 2.75) is 12.8 Å². The topological polar surface area (TPSA) is 92.7 Å². The molecule has 2 aromatic rings. The van der Waals surface area contributed by atoms with Gasteiger partial charge in [-0.3, -0.25) is 0 Å². The fraction of sp³-hybridized carbons (Fsp3) is 0.444. The smallest absolute Gasteiger partial charge is 0.372 e. The predicted octanol–water partition coefficient (Wildman–Crippen LogP) is 1.49. The van der Waals surface area contributed by atoms with Gasteiger partial charge in [0.15, 0.2) is 0 Å². The molecule has 0 spiro atoms. The Labute approximate surface area is 101 Å². The summed E-state index contributed by atoms with van der Waals surface area (Å²) >= 11 is 1.35. The molecule has 92 valence electrons. The summed E-state index contributed by atoms with van der Waals surface area (Å²) in [7, 11) is 0. The van der Waals surface area contributed by atoms with Crippen molar-refractivity contribution < 1.29 is 10.0 Å². The van der Waals surface area contributed by atoms with Gasteiger partial charge in [0.2, 0.25) is 5.82 Å². The Balaban J connectivity index is 2.17. The van der Waals surface area contributed by atoms with Gasteiger partial charge in [-0.05, 0) is 17.8 Å². The number of unbranched alkanes of at least 4 members (excludes halogenated alkanes) is 1. The molecule has 17 heavy (non-hydrogen) atoms. The summed E-state index contributed by atoms with van der Waals surface area (Å²) in [6, 6.07) is 0. The molecule has 2 N–H and O–H groups in total. The molecule has 2 rings (SSSR count). The third-order valence-corrected chi connectivity index (χ3v) is 3.04. The number of anilines is 1. The van der Waals surface area contributed by atoms with Crippen molar-refractivity contribution in [1.29, 1.82) is 0 Å². The molecule has 2 aromatic heterocycles. The van der Waals surface area contributed by atoms with Crippen molar-refractivity contribution in [1.82, 2.24) is 9.38 Å². The standard InChI is InChI=1S/C9H12N4O3S/c14-5-2-1-3-10-7-8(13(15)16)12-4-6-17-9(12)11-7/h4,6,10,14H,1-3,5H2. The van der Waals surface area contributed by atoms with E-state index >= 15 is 0 Å². The third kappa shape index (κ3) is 2.37. The van der Waals surface area contributed by atoms with Crippen LogP contribution in [-0.2, 0) is 0 Å². The minimum atomic E-state index is -0.443. The highest BCUT2D eigenvalue weighted by atomic mass is 32.1. The first-order chi connectivity index (χ1) is 8.24. The third-order valence-electron chi connectivity index (χ3n) is 2.29. The van der Waals surface area contributed by atoms with E-state index in [4.69, 9.17) is 5.11 Å². The summed E-state index contributed by atoms with van der Waals surface area (Å²) in [5.41, 5.74) is 0. The molecule has 0 saturated heterocycles. The Bertz CT molecular complexity index is 521. The highest BCUT2D eigenvalue weighted by Crippen LogP contribution is 2.27. The van der Waals surface area contributed by atoms with Gasteiger partial charge in [-0.1, -0.05) is 11.3 Å².